The molecular weight excluding hydrogens is 590 g/mol. The van der Waals surface area contributed by atoms with Gasteiger partial charge >= 0.3 is 6.18 Å². The molecule has 0 aliphatic heterocycles. The molecule has 0 radical (unpaired) electrons. The molecule has 13 heteroatoms. The molecule has 0 bridgehead atoms. The van der Waals surface area contributed by atoms with Crippen molar-refractivity contribution >= 4 is 70.7 Å². The Morgan fingerprint density at radius 1 is 1.05 bits per heavy atom. The van der Waals surface area contributed by atoms with E-state index < -0.39 is 12.1 Å². The first kappa shape index (κ1) is 29.6. The largest absolute Gasteiger partial charge is 0.399 e. The van der Waals surface area contributed by atoms with E-state index in [-0.39, 0.29) is 61.5 Å². The van der Waals surface area contributed by atoms with Crippen molar-refractivity contribution in [3.05, 3.63) is 68.2 Å². The zero-order valence-corrected chi connectivity index (χ0v) is 22.9. The maximum atomic E-state index is 13.8. The average molecular weight is 611 g/mol. The number of alkyl halides is 3. The van der Waals surface area contributed by atoms with E-state index in [1.807, 2.05) is 6.07 Å². The van der Waals surface area contributed by atoms with Crippen LogP contribution in [0.1, 0.15) is 48.3 Å². The summed E-state index contributed by atoms with van der Waals surface area (Å²) in [5.41, 5.74) is 6.25. The van der Waals surface area contributed by atoms with Crippen LogP contribution in [0.3, 0.4) is 0 Å². The summed E-state index contributed by atoms with van der Waals surface area (Å²) in [5.74, 6) is -3.62. The number of hydrogen-bond acceptors (Lipinski definition) is 4. The van der Waals surface area contributed by atoms with E-state index in [1.54, 1.807) is 0 Å². The molecule has 7 nitrogen and oxygen atoms in total. The zero-order chi connectivity index (χ0) is 29.2. The van der Waals surface area contributed by atoms with Crippen LogP contribution in [-0.4, -0.2) is 35.2 Å². The van der Waals surface area contributed by atoms with Crippen LogP contribution in [-0.2, 0) is 9.59 Å². The number of amides is 2. The standard InChI is InChI=1S/C27H21Cl3F3N5O2/c28-20-10-17(11-21(29)23(20)30)19(27(31,32)33)7-1-14-2-8-22(18(9-14)12-34)36-13-37-26(35)38(24(39)15-3-4-15)25(40)16-5-6-16/h1-2,7-11,13,15-16,19H,3-6H2,(H2,35,36,37)/b7-1+. The van der Waals surface area contributed by atoms with Crippen LogP contribution in [0.4, 0.5) is 18.9 Å². The lowest BCUT2D eigenvalue weighted by Crippen LogP contribution is -2.47. The van der Waals surface area contributed by atoms with Gasteiger partial charge in [0, 0.05) is 11.8 Å². The summed E-state index contributed by atoms with van der Waals surface area (Å²) in [5, 5.41) is 9.30. The highest BCUT2D eigenvalue weighted by atomic mass is 35.5. The number of nitriles is 1. The van der Waals surface area contributed by atoms with E-state index in [0.717, 1.165) is 29.4 Å². The lowest BCUT2D eigenvalue weighted by Gasteiger charge is -2.19. The van der Waals surface area contributed by atoms with Crippen LogP contribution in [0.5, 0.6) is 0 Å². The molecule has 4 rings (SSSR count). The van der Waals surface area contributed by atoms with Crippen molar-refractivity contribution in [1.29, 1.82) is 5.26 Å². The average Bonchev–Trinajstić information content (AvgIpc) is 3.80. The zero-order valence-electron chi connectivity index (χ0n) is 20.6. The minimum absolute atomic E-state index is 0.0467. The number of rotatable bonds is 7. The second-order valence-electron chi connectivity index (χ2n) is 9.36. The molecule has 208 valence electrons. The highest BCUT2D eigenvalue weighted by molar-refractivity contribution is 6.48. The highest BCUT2D eigenvalue weighted by Gasteiger charge is 2.43. The monoisotopic (exact) mass is 609 g/mol. The fourth-order valence-electron chi connectivity index (χ4n) is 3.80. The number of halogens is 6. The fourth-order valence-corrected chi connectivity index (χ4v) is 4.41. The molecule has 0 saturated heterocycles. The van der Waals surface area contributed by atoms with Crippen molar-refractivity contribution in [1.82, 2.24) is 4.90 Å². The molecule has 0 aromatic heterocycles. The number of aliphatic imine (C=N–C) groups is 2. The number of carbonyl (C=O) groups is 2. The van der Waals surface area contributed by atoms with Gasteiger partial charge in [-0.25, -0.2) is 14.9 Å². The van der Waals surface area contributed by atoms with E-state index in [2.05, 4.69) is 9.98 Å². The normalized spacial score (nSPS) is 16.8. The molecule has 40 heavy (non-hydrogen) atoms. The van der Waals surface area contributed by atoms with Crippen molar-refractivity contribution in [2.24, 2.45) is 27.6 Å². The third-order valence-corrected chi connectivity index (χ3v) is 7.45. The van der Waals surface area contributed by atoms with E-state index >= 15 is 0 Å². The minimum Gasteiger partial charge on any atom is -0.369 e. The maximum Gasteiger partial charge on any atom is 0.399 e. The summed E-state index contributed by atoms with van der Waals surface area (Å²) < 4.78 is 41.5. The van der Waals surface area contributed by atoms with Gasteiger partial charge in [-0.1, -0.05) is 53.0 Å². The minimum atomic E-state index is -4.66. The predicted octanol–water partition coefficient (Wildman–Crippen LogP) is 7.03. The molecule has 2 amide bonds. The summed E-state index contributed by atoms with van der Waals surface area (Å²) in [6.07, 6.45) is 1.23. The van der Waals surface area contributed by atoms with Gasteiger partial charge in [0.1, 0.15) is 12.4 Å². The van der Waals surface area contributed by atoms with Gasteiger partial charge in [-0.15, -0.1) is 0 Å². The van der Waals surface area contributed by atoms with Gasteiger partial charge in [-0.2, -0.15) is 18.4 Å². The van der Waals surface area contributed by atoms with Crippen LogP contribution < -0.4 is 5.73 Å². The Kier molecular flexibility index (Phi) is 8.88. The Hall–Kier alpha value is -3.39. The quantitative estimate of drug-likeness (QED) is 0.157. The molecule has 2 aromatic carbocycles. The van der Waals surface area contributed by atoms with Gasteiger partial charge in [0.25, 0.3) is 0 Å². The Morgan fingerprint density at radius 3 is 2.12 bits per heavy atom. The Morgan fingerprint density at radius 2 is 1.62 bits per heavy atom. The van der Waals surface area contributed by atoms with Crippen LogP contribution in [0, 0.1) is 23.2 Å². The Bertz CT molecular complexity index is 1430. The first-order chi connectivity index (χ1) is 18.9. The second-order valence-corrected chi connectivity index (χ2v) is 10.5. The second kappa shape index (κ2) is 12.0. The number of carbonyl (C=O) groups excluding carboxylic acids is 2. The summed E-state index contributed by atoms with van der Waals surface area (Å²) in [6, 6.07) is 8.36. The van der Waals surface area contributed by atoms with Gasteiger partial charge in [-0.3, -0.25) is 9.59 Å². The molecular formula is C27H21Cl3F3N5O2. The molecule has 2 aromatic rings. The number of nitrogens with zero attached hydrogens (tertiary/aromatic N) is 4. The lowest BCUT2D eigenvalue weighted by atomic mass is 9.96. The van der Waals surface area contributed by atoms with Crippen LogP contribution >= 0.6 is 34.8 Å². The summed E-state index contributed by atoms with van der Waals surface area (Å²) >= 11 is 17.7. The Labute approximate surface area is 242 Å². The topological polar surface area (TPSA) is 112 Å². The molecule has 0 heterocycles. The van der Waals surface area contributed by atoms with Crippen LogP contribution in [0.2, 0.25) is 15.1 Å². The summed E-state index contributed by atoms with van der Waals surface area (Å²) in [7, 11) is 0. The molecule has 0 spiro atoms. The number of nitrogens with two attached hydrogens (primary N) is 1. The molecule has 1 atom stereocenters. The van der Waals surface area contributed by atoms with E-state index in [4.69, 9.17) is 40.5 Å². The third-order valence-electron chi connectivity index (χ3n) is 6.25. The number of benzene rings is 2. The predicted molar refractivity (Wildman–Crippen MR) is 148 cm³/mol. The van der Waals surface area contributed by atoms with Gasteiger partial charge in [0.2, 0.25) is 17.8 Å². The number of allylic oxidation sites excluding steroid dienone is 1. The number of imide groups is 1. The maximum absolute atomic E-state index is 13.8. The third kappa shape index (κ3) is 7.02. The fraction of sp³-hybridized carbons (Fsp3) is 0.296. The molecule has 2 fully saturated rings. The Balaban J connectivity index is 1.54. The van der Waals surface area contributed by atoms with Gasteiger partial charge in [0.05, 0.1) is 32.2 Å². The van der Waals surface area contributed by atoms with Crippen molar-refractivity contribution in [2.45, 2.75) is 37.8 Å². The van der Waals surface area contributed by atoms with Crippen LogP contribution in [0.15, 0.2) is 46.4 Å². The van der Waals surface area contributed by atoms with Crippen molar-refractivity contribution < 1.29 is 22.8 Å². The molecule has 2 saturated carbocycles. The molecule has 2 aliphatic rings. The van der Waals surface area contributed by atoms with Crippen molar-refractivity contribution in [2.75, 3.05) is 0 Å². The number of hydrogen-bond donors (Lipinski definition) is 1. The van der Waals surface area contributed by atoms with E-state index in [0.29, 0.717) is 31.2 Å². The number of guanidine groups is 1. The summed E-state index contributed by atoms with van der Waals surface area (Å²) in [4.78, 5) is 34.0. The molecule has 2 aliphatic carbocycles. The first-order valence-electron chi connectivity index (χ1n) is 12.1. The van der Waals surface area contributed by atoms with E-state index in [9.17, 15) is 28.0 Å². The summed E-state index contributed by atoms with van der Waals surface area (Å²) in [6.45, 7) is 0. The first-order valence-corrected chi connectivity index (χ1v) is 13.2. The highest BCUT2D eigenvalue weighted by Crippen LogP contribution is 2.41. The SMILES string of the molecule is N#Cc1cc(/C=C/C(c2cc(Cl)c(Cl)c(Cl)c2)C(F)(F)F)ccc1N=CN=C(N)N(C(=O)C1CC1)C(=O)C1CC1. The smallest absolute Gasteiger partial charge is 0.369 e. The van der Waals surface area contributed by atoms with Gasteiger partial charge in [-0.05, 0) is 61.1 Å². The van der Waals surface area contributed by atoms with Crippen LogP contribution in [0.25, 0.3) is 6.08 Å². The van der Waals surface area contributed by atoms with Crippen molar-refractivity contribution in [3.8, 4) is 6.07 Å². The molecule has 2 N–H and O–H groups in total. The van der Waals surface area contributed by atoms with Gasteiger partial charge in [0.15, 0.2) is 0 Å². The van der Waals surface area contributed by atoms with Gasteiger partial charge < -0.3 is 5.73 Å². The molecule has 1 unspecified atom stereocenters. The van der Waals surface area contributed by atoms with Crippen molar-refractivity contribution in [3.63, 3.8) is 0 Å². The lowest BCUT2D eigenvalue weighted by molar-refractivity contribution is -0.141. The van der Waals surface area contributed by atoms with E-state index in [1.165, 1.54) is 24.3 Å².